The van der Waals surface area contributed by atoms with Crippen molar-refractivity contribution >= 4 is 5.97 Å². The standard InChI is InChI=1S/C15H20O4/c1-2-15(14(16)17,12-8-4-3-5-9-12)19-13-10-6-7-11-18-13/h3-5,8-9,13H,2,6-7,10-11H2,1H3,(H,16,17)/t13?,15-/m1/s1. The molecular formula is C15H20O4. The number of benzene rings is 1. The molecule has 1 aliphatic rings. The van der Waals surface area contributed by atoms with Crippen LogP contribution in [-0.4, -0.2) is 24.0 Å². The van der Waals surface area contributed by atoms with Gasteiger partial charge >= 0.3 is 5.97 Å². The van der Waals surface area contributed by atoms with Crippen LogP contribution < -0.4 is 0 Å². The molecule has 1 aromatic carbocycles. The molecule has 0 aromatic heterocycles. The fraction of sp³-hybridized carbons (Fsp3) is 0.533. The quantitative estimate of drug-likeness (QED) is 0.888. The van der Waals surface area contributed by atoms with Gasteiger partial charge in [-0.25, -0.2) is 4.79 Å². The van der Waals surface area contributed by atoms with Crippen molar-refractivity contribution in [3.8, 4) is 0 Å². The number of hydrogen-bond acceptors (Lipinski definition) is 3. The zero-order valence-corrected chi connectivity index (χ0v) is 11.2. The van der Waals surface area contributed by atoms with Gasteiger partial charge in [0.05, 0.1) is 0 Å². The molecule has 4 heteroatoms. The summed E-state index contributed by atoms with van der Waals surface area (Å²) >= 11 is 0. The van der Waals surface area contributed by atoms with Gasteiger partial charge in [-0.2, -0.15) is 0 Å². The van der Waals surface area contributed by atoms with E-state index in [0.29, 0.717) is 18.6 Å². The molecule has 104 valence electrons. The van der Waals surface area contributed by atoms with E-state index in [1.807, 2.05) is 25.1 Å². The van der Waals surface area contributed by atoms with Crippen molar-refractivity contribution in [1.82, 2.24) is 0 Å². The lowest BCUT2D eigenvalue weighted by molar-refractivity contribution is -0.236. The molecule has 0 aliphatic carbocycles. The Hall–Kier alpha value is -1.39. The van der Waals surface area contributed by atoms with Crippen LogP contribution in [0.5, 0.6) is 0 Å². The first-order valence-corrected chi connectivity index (χ1v) is 6.77. The molecular weight excluding hydrogens is 244 g/mol. The summed E-state index contributed by atoms with van der Waals surface area (Å²) in [6, 6.07) is 9.10. The van der Waals surface area contributed by atoms with Crippen molar-refractivity contribution in [2.24, 2.45) is 0 Å². The maximum absolute atomic E-state index is 11.7. The Bertz CT molecular complexity index is 411. The van der Waals surface area contributed by atoms with Crippen LogP contribution in [0, 0.1) is 0 Å². The Kier molecular flexibility index (Phi) is 4.56. The summed E-state index contributed by atoms with van der Waals surface area (Å²) in [5.74, 6) is -0.963. The summed E-state index contributed by atoms with van der Waals surface area (Å²) in [6.07, 6.45) is 2.72. The van der Waals surface area contributed by atoms with Crippen LogP contribution in [0.1, 0.15) is 38.2 Å². The number of ether oxygens (including phenoxy) is 2. The summed E-state index contributed by atoms with van der Waals surface area (Å²) < 4.78 is 11.4. The molecule has 0 spiro atoms. The van der Waals surface area contributed by atoms with Crippen molar-refractivity contribution in [2.75, 3.05) is 6.61 Å². The SMILES string of the molecule is CC[C@](OC1CCCCO1)(C(=O)O)c1ccccc1. The molecule has 1 aliphatic heterocycles. The van der Waals surface area contributed by atoms with Gasteiger partial charge in [0.15, 0.2) is 11.9 Å². The molecule has 1 aromatic rings. The minimum absolute atomic E-state index is 0.367. The number of carbonyl (C=O) groups is 1. The van der Waals surface area contributed by atoms with E-state index in [2.05, 4.69) is 0 Å². The maximum atomic E-state index is 11.7. The van der Waals surface area contributed by atoms with Gasteiger partial charge in [0, 0.05) is 6.61 Å². The van der Waals surface area contributed by atoms with E-state index < -0.39 is 17.9 Å². The number of carboxylic acids is 1. The van der Waals surface area contributed by atoms with E-state index in [9.17, 15) is 9.90 Å². The van der Waals surface area contributed by atoms with Crippen molar-refractivity contribution in [3.05, 3.63) is 35.9 Å². The van der Waals surface area contributed by atoms with Crippen molar-refractivity contribution in [2.45, 2.75) is 44.5 Å². The van der Waals surface area contributed by atoms with Crippen molar-refractivity contribution < 1.29 is 19.4 Å². The summed E-state index contributed by atoms with van der Waals surface area (Å²) in [7, 11) is 0. The van der Waals surface area contributed by atoms with E-state index in [0.717, 1.165) is 19.3 Å². The van der Waals surface area contributed by atoms with Crippen LogP contribution in [0.2, 0.25) is 0 Å². The second-order valence-electron chi connectivity index (χ2n) is 4.77. The highest BCUT2D eigenvalue weighted by molar-refractivity contribution is 5.79. The zero-order valence-electron chi connectivity index (χ0n) is 11.2. The first-order valence-electron chi connectivity index (χ1n) is 6.77. The molecule has 2 rings (SSSR count). The third-order valence-electron chi connectivity index (χ3n) is 3.55. The summed E-state index contributed by atoms with van der Waals surface area (Å²) in [6.45, 7) is 2.46. The van der Waals surface area contributed by atoms with Gasteiger partial charge < -0.3 is 14.6 Å². The predicted octanol–water partition coefficient (Wildman–Crippen LogP) is 2.92. The normalized spacial score (nSPS) is 22.7. The first kappa shape index (κ1) is 14.0. The van der Waals surface area contributed by atoms with Gasteiger partial charge in [-0.15, -0.1) is 0 Å². The number of carboxylic acid groups (broad SMARTS) is 1. The molecule has 1 saturated heterocycles. The lowest BCUT2D eigenvalue weighted by Crippen LogP contribution is -2.42. The minimum Gasteiger partial charge on any atom is -0.479 e. The highest BCUT2D eigenvalue weighted by Gasteiger charge is 2.42. The van der Waals surface area contributed by atoms with Gasteiger partial charge in [-0.3, -0.25) is 0 Å². The second-order valence-corrected chi connectivity index (χ2v) is 4.77. The lowest BCUT2D eigenvalue weighted by atomic mass is 9.90. The highest BCUT2D eigenvalue weighted by atomic mass is 16.7. The Balaban J connectivity index is 2.26. The molecule has 19 heavy (non-hydrogen) atoms. The third kappa shape index (κ3) is 2.96. The summed E-state index contributed by atoms with van der Waals surface area (Å²) in [5, 5.41) is 9.63. The molecule has 1 unspecified atom stereocenters. The summed E-state index contributed by atoms with van der Waals surface area (Å²) in [4.78, 5) is 11.7. The van der Waals surface area contributed by atoms with Gasteiger partial charge in [0.2, 0.25) is 0 Å². The number of hydrogen-bond donors (Lipinski definition) is 1. The van der Waals surface area contributed by atoms with Crippen LogP contribution in [0.3, 0.4) is 0 Å². The van der Waals surface area contributed by atoms with E-state index in [4.69, 9.17) is 9.47 Å². The largest absolute Gasteiger partial charge is 0.479 e. The molecule has 2 atom stereocenters. The molecule has 0 bridgehead atoms. The Morgan fingerprint density at radius 2 is 2.16 bits per heavy atom. The second kappa shape index (κ2) is 6.17. The van der Waals surface area contributed by atoms with Gasteiger partial charge in [-0.1, -0.05) is 37.3 Å². The van der Waals surface area contributed by atoms with Crippen LogP contribution >= 0.6 is 0 Å². The van der Waals surface area contributed by atoms with Gasteiger partial charge in [0.1, 0.15) is 0 Å². The van der Waals surface area contributed by atoms with Crippen LogP contribution in [0.15, 0.2) is 30.3 Å². The molecule has 1 heterocycles. The molecule has 0 amide bonds. The first-order chi connectivity index (χ1) is 9.19. The van der Waals surface area contributed by atoms with E-state index >= 15 is 0 Å². The molecule has 0 radical (unpaired) electrons. The van der Waals surface area contributed by atoms with Gasteiger partial charge in [-0.05, 0) is 31.2 Å². The van der Waals surface area contributed by atoms with Crippen LogP contribution in [0.4, 0.5) is 0 Å². The zero-order chi connectivity index (χ0) is 13.7. The van der Waals surface area contributed by atoms with Crippen LogP contribution in [-0.2, 0) is 19.9 Å². The smallest absolute Gasteiger partial charge is 0.340 e. The predicted molar refractivity (Wildman–Crippen MR) is 70.7 cm³/mol. The number of aliphatic carboxylic acids is 1. The molecule has 1 fully saturated rings. The van der Waals surface area contributed by atoms with E-state index in [-0.39, 0.29) is 0 Å². The molecule has 0 saturated carbocycles. The lowest BCUT2D eigenvalue weighted by Gasteiger charge is -2.34. The average Bonchev–Trinajstić information content (AvgIpc) is 2.46. The maximum Gasteiger partial charge on any atom is 0.340 e. The topological polar surface area (TPSA) is 55.8 Å². The minimum atomic E-state index is -1.32. The fourth-order valence-electron chi connectivity index (χ4n) is 2.42. The molecule has 4 nitrogen and oxygen atoms in total. The fourth-order valence-corrected chi connectivity index (χ4v) is 2.42. The Labute approximate surface area is 113 Å². The van der Waals surface area contributed by atoms with E-state index in [1.165, 1.54) is 0 Å². The van der Waals surface area contributed by atoms with Gasteiger partial charge in [0.25, 0.3) is 0 Å². The van der Waals surface area contributed by atoms with Crippen molar-refractivity contribution in [3.63, 3.8) is 0 Å². The average molecular weight is 264 g/mol. The number of rotatable bonds is 5. The molecule has 1 N–H and O–H groups in total. The Morgan fingerprint density at radius 3 is 2.68 bits per heavy atom. The summed E-state index contributed by atoms with van der Waals surface area (Å²) in [5.41, 5.74) is -0.650. The Morgan fingerprint density at radius 1 is 1.42 bits per heavy atom. The van der Waals surface area contributed by atoms with E-state index in [1.54, 1.807) is 12.1 Å². The third-order valence-corrected chi connectivity index (χ3v) is 3.55. The monoisotopic (exact) mass is 264 g/mol. The van der Waals surface area contributed by atoms with Crippen LogP contribution in [0.25, 0.3) is 0 Å². The van der Waals surface area contributed by atoms with Crippen molar-refractivity contribution in [1.29, 1.82) is 0 Å². The highest BCUT2D eigenvalue weighted by Crippen LogP contribution is 2.33.